The molecule has 0 saturated carbocycles. The molecule has 0 saturated heterocycles. The Hall–Kier alpha value is -1.94. The first-order valence-electron chi connectivity index (χ1n) is 35.1. The van der Waals surface area contributed by atoms with E-state index in [-0.39, 0.29) is 25.7 Å². The van der Waals surface area contributed by atoms with Crippen LogP contribution in [0.15, 0.2) is 0 Å². The van der Waals surface area contributed by atoms with Crippen molar-refractivity contribution in [1.82, 2.24) is 0 Å². The summed E-state index contributed by atoms with van der Waals surface area (Å²) >= 11 is 0. The molecule has 0 aromatic carbocycles. The van der Waals surface area contributed by atoms with Gasteiger partial charge in [-0.2, -0.15) is 0 Å². The average Bonchev–Trinajstić information content (AvgIpc) is 3.65. The van der Waals surface area contributed by atoms with Gasteiger partial charge in [0, 0.05) is 25.7 Å². The van der Waals surface area contributed by atoms with Crippen molar-refractivity contribution in [3.63, 3.8) is 0 Å². The zero-order valence-corrected chi connectivity index (χ0v) is 57.2. The second-order valence-corrected chi connectivity index (χ2v) is 27.6. The van der Waals surface area contributed by atoms with Crippen LogP contribution >= 0.6 is 15.6 Å². The predicted molar refractivity (Wildman–Crippen MR) is 345 cm³/mol. The van der Waals surface area contributed by atoms with Gasteiger partial charge in [0.05, 0.1) is 26.4 Å². The number of carbonyl (C=O) groups is 4. The molecule has 17 nitrogen and oxygen atoms in total. The fourth-order valence-electron chi connectivity index (χ4n) is 10.1. The molecular weight excluding hydrogens is 1140 g/mol. The number of hydrogen-bond donors (Lipinski definition) is 3. The molecule has 3 N–H and O–H groups in total. The second kappa shape index (κ2) is 60.6. The van der Waals surface area contributed by atoms with Crippen LogP contribution in [0.3, 0.4) is 0 Å². The molecule has 0 aromatic rings. The second-order valence-electron chi connectivity index (χ2n) is 24.7. The van der Waals surface area contributed by atoms with Crippen molar-refractivity contribution in [3.05, 3.63) is 0 Å². The molecule has 510 valence electrons. The van der Waals surface area contributed by atoms with Crippen molar-refractivity contribution >= 4 is 39.5 Å². The zero-order valence-electron chi connectivity index (χ0n) is 55.4. The summed E-state index contributed by atoms with van der Waals surface area (Å²) in [7, 11) is -9.88. The Morgan fingerprint density at radius 1 is 0.314 bits per heavy atom. The number of esters is 4. The highest BCUT2D eigenvalue weighted by molar-refractivity contribution is 7.47. The number of hydrogen-bond acceptors (Lipinski definition) is 15. The van der Waals surface area contributed by atoms with E-state index in [1.165, 1.54) is 141 Å². The van der Waals surface area contributed by atoms with E-state index < -0.39 is 97.5 Å². The van der Waals surface area contributed by atoms with Gasteiger partial charge in [-0.25, -0.2) is 9.13 Å². The molecule has 0 heterocycles. The molecule has 19 heteroatoms. The summed E-state index contributed by atoms with van der Waals surface area (Å²) in [5.74, 6) is -1.37. The SMILES string of the molecule is CCCCCCCCCCCCCCCCCCCCC(=O)O[C@H](COC(=O)CCCCCCCCCCCCCC(C)C)COP(=O)(O)OC[C@@H](O)COP(=O)(O)OC[C@@H](COC(=O)CCCCCCCCC)OC(=O)CCCCCCCCC. The monoisotopic (exact) mass is 1270 g/mol. The molecule has 0 rings (SSSR count). The fourth-order valence-corrected chi connectivity index (χ4v) is 11.7. The number of phosphoric ester groups is 2. The molecule has 0 aliphatic rings. The first-order valence-corrected chi connectivity index (χ1v) is 38.1. The van der Waals surface area contributed by atoms with Crippen LogP contribution in [0.1, 0.15) is 343 Å². The number of aliphatic hydroxyl groups is 1. The van der Waals surface area contributed by atoms with Crippen LogP contribution in [0.2, 0.25) is 0 Å². The lowest BCUT2D eigenvalue weighted by atomic mass is 10.0. The zero-order chi connectivity index (χ0) is 63.5. The quantitative estimate of drug-likeness (QED) is 0.0222. The molecule has 2 unspecified atom stereocenters. The van der Waals surface area contributed by atoms with Crippen molar-refractivity contribution in [2.24, 2.45) is 5.92 Å². The number of unbranched alkanes of at least 4 members (excludes halogenated alkanes) is 39. The minimum atomic E-state index is -4.95. The summed E-state index contributed by atoms with van der Waals surface area (Å²) in [5, 5.41) is 10.5. The third-order valence-corrected chi connectivity index (χ3v) is 17.4. The van der Waals surface area contributed by atoms with Gasteiger partial charge in [-0.15, -0.1) is 0 Å². The van der Waals surface area contributed by atoms with Crippen molar-refractivity contribution in [1.29, 1.82) is 0 Å². The molecule has 0 aliphatic heterocycles. The number of aliphatic hydroxyl groups excluding tert-OH is 1. The summed E-state index contributed by atoms with van der Waals surface area (Å²) in [5.41, 5.74) is 0. The Balaban J connectivity index is 5.15. The first-order chi connectivity index (χ1) is 41.5. The molecular formula is C67H130O17P2. The van der Waals surface area contributed by atoms with Crippen LogP contribution in [0.4, 0.5) is 0 Å². The van der Waals surface area contributed by atoms with E-state index in [4.69, 9.17) is 37.0 Å². The van der Waals surface area contributed by atoms with E-state index in [0.717, 1.165) is 121 Å². The van der Waals surface area contributed by atoms with Gasteiger partial charge in [0.25, 0.3) is 0 Å². The lowest BCUT2D eigenvalue weighted by Crippen LogP contribution is -2.30. The highest BCUT2D eigenvalue weighted by Gasteiger charge is 2.30. The third kappa shape index (κ3) is 60.9. The molecule has 86 heavy (non-hydrogen) atoms. The molecule has 0 aromatic heterocycles. The number of ether oxygens (including phenoxy) is 4. The minimum Gasteiger partial charge on any atom is -0.462 e. The normalized spacial score (nSPS) is 14.2. The van der Waals surface area contributed by atoms with Gasteiger partial charge in [0.1, 0.15) is 19.3 Å². The standard InChI is InChI=1S/C67H130O17P2/c1-6-9-12-15-18-19-20-21-22-23-24-25-26-29-33-38-43-48-53-67(72)84-63(57-78-65(70)51-46-41-37-32-30-27-28-31-36-39-44-49-60(4)5)59-82-86(75,76)80-55-61(68)54-79-85(73,74)81-58-62(83-66(71)52-47-42-35-17-14-11-8-3)56-77-64(69)50-45-40-34-16-13-10-7-2/h60-63,68H,6-59H2,1-5H3,(H,73,74)(H,75,76)/t61-,62+,63+/m0/s1. The van der Waals surface area contributed by atoms with Gasteiger partial charge in [-0.3, -0.25) is 37.3 Å². The van der Waals surface area contributed by atoms with Gasteiger partial charge in [-0.05, 0) is 31.6 Å². The minimum absolute atomic E-state index is 0.104. The molecule has 0 spiro atoms. The summed E-state index contributed by atoms with van der Waals surface area (Å²) in [4.78, 5) is 72.1. The Morgan fingerprint density at radius 3 is 0.791 bits per heavy atom. The van der Waals surface area contributed by atoms with Crippen molar-refractivity contribution in [3.8, 4) is 0 Å². The third-order valence-electron chi connectivity index (χ3n) is 15.5. The predicted octanol–water partition coefficient (Wildman–Crippen LogP) is 19.0. The maximum atomic E-state index is 13.0. The Bertz CT molecular complexity index is 1670. The number of rotatable bonds is 67. The molecule has 0 aliphatic carbocycles. The fraction of sp³-hybridized carbons (Fsp3) is 0.940. The lowest BCUT2D eigenvalue weighted by molar-refractivity contribution is -0.161. The van der Waals surface area contributed by atoms with Gasteiger partial charge < -0.3 is 33.8 Å². The topological polar surface area (TPSA) is 237 Å². The Kier molecular flexibility index (Phi) is 59.2. The summed E-state index contributed by atoms with van der Waals surface area (Å²) in [6.07, 6.45) is 46.1. The Labute approximate surface area is 524 Å². The van der Waals surface area contributed by atoms with Gasteiger partial charge in [-0.1, -0.05) is 291 Å². The van der Waals surface area contributed by atoms with E-state index in [1.54, 1.807) is 0 Å². The van der Waals surface area contributed by atoms with E-state index in [0.29, 0.717) is 25.7 Å². The van der Waals surface area contributed by atoms with Crippen LogP contribution in [0.25, 0.3) is 0 Å². The average molecular weight is 1270 g/mol. The van der Waals surface area contributed by atoms with Crippen LogP contribution < -0.4 is 0 Å². The van der Waals surface area contributed by atoms with Crippen molar-refractivity contribution in [2.75, 3.05) is 39.6 Å². The molecule has 0 amide bonds. The van der Waals surface area contributed by atoms with Gasteiger partial charge in [0.2, 0.25) is 0 Å². The Morgan fingerprint density at radius 2 is 0.535 bits per heavy atom. The van der Waals surface area contributed by atoms with E-state index >= 15 is 0 Å². The van der Waals surface area contributed by atoms with Crippen LogP contribution in [-0.2, 0) is 65.4 Å². The smallest absolute Gasteiger partial charge is 0.462 e. The van der Waals surface area contributed by atoms with Crippen LogP contribution in [0, 0.1) is 5.92 Å². The van der Waals surface area contributed by atoms with Crippen molar-refractivity contribution < 1.29 is 80.2 Å². The largest absolute Gasteiger partial charge is 0.472 e. The molecule has 5 atom stereocenters. The van der Waals surface area contributed by atoms with E-state index in [9.17, 15) is 43.2 Å². The summed E-state index contributed by atoms with van der Waals surface area (Å²) < 4.78 is 67.9. The maximum Gasteiger partial charge on any atom is 0.472 e. The molecule has 0 fully saturated rings. The van der Waals surface area contributed by atoms with E-state index in [2.05, 4.69) is 34.6 Å². The van der Waals surface area contributed by atoms with E-state index in [1.807, 2.05) is 0 Å². The molecule has 0 bridgehead atoms. The summed E-state index contributed by atoms with van der Waals surface area (Å²) in [6, 6.07) is 0. The van der Waals surface area contributed by atoms with Crippen LogP contribution in [-0.4, -0.2) is 96.7 Å². The lowest BCUT2D eigenvalue weighted by Gasteiger charge is -2.21. The molecule has 0 radical (unpaired) electrons. The highest BCUT2D eigenvalue weighted by atomic mass is 31.2. The van der Waals surface area contributed by atoms with Crippen molar-refractivity contribution in [2.45, 2.75) is 361 Å². The first kappa shape index (κ1) is 84.1. The maximum absolute atomic E-state index is 13.0. The number of phosphoric acid groups is 2. The number of carbonyl (C=O) groups excluding carboxylic acids is 4. The van der Waals surface area contributed by atoms with Gasteiger partial charge in [0.15, 0.2) is 12.2 Å². The highest BCUT2D eigenvalue weighted by Crippen LogP contribution is 2.45. The summed E-state index contributed by atoms with van der Waals surface area (Å²) in [6.45, 7) is 7.14. The van der Waals surface area contributed by atoms with Gasteiger partial charge >= 0.3 is 39.5 Å². The van der Waals surface area contributed by atoms with Crippen LogP contribution in [0.5, 0.6) is 0 Å².